The monoisotopic (exact) mass is 194 g/mol. The largest absolute Gasteiger partial charge is 0.394 e. The molecule has 0 aromatic carbocycles. The Morgan fingerprint density at radius 2 is 2.36 bits per heavy atom. The van der Waals surface area contributed by atoms with Crippen molar-refractivity contribution in [3.05, 3.63) is 28.7 Å². The van der Waals surface area contributed by atoms with Gasteiger partial charge in [-0.2, -0.15) is 0 Å². The molecule has 76 valence electrons. The molecule has 1 aliphatic rings. The Bertz CT molecular complexity index is 367. The van der Waals surface area contributed by atoms with Crippen molar-refractivity contribution in [2.75, 3.05) is 12.3 Å². The Labute approximate surface area is 82.3 Å². The van der Waals surface area contributed by atoms with Gasteiger partial charge in [-0.15, -0.1) is 0 Å². The third-order valence-electron chi connectivity index (χ3n) is 2.47. The lowest BCUT2D eigenvalue weighted by Crippen LogP contribution is -2.29. The number of pyridine rings is 1. The molecule has 2 rings (SSSR count). The van der Waals surface area contributed by atoms with Crippen LogP contribution in [0.25, 0.3) is 0 Å². The predicted molar refractivity (Wildman–Crippen MR) is 54.0 cm³/mol. The number of hydrogen-bond donors (Lipinski definition) is 1. The SMILES string of the molecule is Nc1cccn([C@H]2CCCCO2)c1=O. The molecular formula is C10H14N2O2. The zero-order chi connectivity index (χ0) is 9.97. The molecule has 0 unspecified atom stereocenters. The molecule has 1 aromatic heterocycles. The van der Waals surface area contributed by atoms with Crippen LogP contribution in [0, 0.1) is 0 Å². The molecule has 4 nitrogen and oxygen atoms in total. The molecular weight excluding hydrogens is 180 g/mol. The maximum Gasteiger partial charge on any atom is 0.275 e. The second-order valence-electron chi connectivity index (χ2n) is 3.50. The van der Waals surface area contributed by atoms with Crippen LogP contribution in [0.1, 0.15) is 25.5 Å². The molecule has 14 heavy (non-hydrogen) atoms. The lowest BCUT2D eigenvalue weighted by atomic mass is 10.2. The summed E-state index contributed by atoms with van der Waals surface area (Å²) in [4.78, 5) is 11.6. The highest BCUT2D eigenvalue weighted by Gasteiger charge is 2.16. The average Bonchev–Trinajstić information content (AvgIpc) is 2.23. The normalized spacial score (nSPS) is 22.1. The van der Waals surface area contributed by atoms with Gasteiger partial charge in [0.25, 0.3) is 5.56 Å². The minimum atomic E-state index is -0.153. The summed E-state index contributed by atoms with van der Waals surface area (Å²) in [7, 11) is 0. The van der Waals surface area contributed by atoms with Gasteiger partial charge in [0, 0.05) is 12.8 Å². The maximum absolute atomic E-state index is 11.6. The van der Waals surface area contributed by atoms with Crippen LogP contribution in [0.2, 0.25) is 0 Å². The first-order chi connectivity index (χ1) is 6.79. The summed E-state index contributed by atoms with van der Waals surface area (Å²) >= 11 is 0. The first-order valence-electron chi connectivity index (χ1n) is 4.87. The van der Waals surface area contributed by atoms with E-state index in [1.807, 2.05) is 0 Å². The molecule has 1 saturated heterocycles. The van der Waals surface area contributed by atoms with Crippen molar-refractivity contribution in [3.63, 3.8) is 0 Å². The van der Waals surface area contributed by atoms with Crippen LogP contribution in [0.5, 0.6) is 0 Å². The van der Waals surface area contributed by atoms with Gasteiger partial charge >= 0.3 is 0 Å². The van der Waals surface area contributed by atoms with E-state index in [9.17, 15) is 4.79 Å². The molecule has 1 aliphatic heterocycles. The summed E-state index contributed by atoms with van der Waals surface area (Å²) in [6.45, 7) is 0.728. The summed E-state index contributed by atoms with van der Waals surface area (Å²) in [6, 6.07) is 3.39. The minimum Gasteiger partial charge on any atom is -0.394 e. The van der Waals surface area contributed by atoms with Gasteiger partial charge in [0.2, 0.25) is 0 Å². The molecule has 0 saturated carbocycles. The van der Waals surface area contributed by atoms with E-state index >= 15 is 0 Å². The number of aromatic nitrogens is 1. The number of nitrogen functional groups attached to an aromatic ring is 1. The van der Waals surface area contributed by atoms with Crippen LogP contribution >= 0.6 is 0 Å². The Hall–Kier alpha value is -1.29. The fourth-order valence-corrected chi connectivity index (χ4v) is 1.70. The van der Waals surface area contributed by atoms with E-state index in [1.54, 1.807) is 22.9 Å². The quantitative estimate of drug-likeness (QED) is 0.729. The fraction of sp³-hybridized carbons (Fsp3) is 0.500. The molecule has 1 fully saturated rings. The van der Waals surface area contributed by atoms with Crippen molar-refractivity contribution in [2.24, 2.45) is 0 Å². The smallest absolute Gasteiger partial charge is 0.275 e. The van der Waals surface area contributed by atoms with E-state index in [4.69, 9.17) is 10.5 Å². The molecule has 0 bridgehead atoms. The number of anilines is 1. The van der Waals surface area contributed by atoms with E-state index in [1.165, 1.54) is 0 Å². The van der Waals surface area contributed by atoms with Gasteiger partial charge in [-0.25, -0.2) is 0 Å². The van der Waals surface area contributed by atoms with Crippen LogP contribution in [-0.2, 0) is 4.74 Å². The van der Waals surface area contributed by atoms with Crippen molar-refractivity contribution < 1.29 is 4.74 Å². The van der Waals surface area contributed by atoms with Gasteiger partial charge in [-0.1, -0.05) is 0 Å². The highest BCUT2D eigenvalue weighted by Crippen LogP contribution is 2.20. The van der Waals surface area contributed by atoms with Crippen molar-refractivity contribution in [1.82, 2.24) is 4.57 Å². The zero-order valence-electron chi connectivity index (χ0n) is 7.98. The van der Waals surface area contributed by atoms with Gasteiger partial charge in [-0.05, 0) is 31.4 Å². The molecule has 0 amide bonds. The van der Waals surface area contributed by atoms with Crippen molar-refractivity contribution in [3.8, 4) is 0 Å². The van der Waals surface area contributed by atoms with Gasteiger partial charge in [0.1, 0.15) is 6.23 Å². The fourth-order valence-electron chi connectivity index (χ4n) is 1.70. The van der Waals surface area contributed by atoms with E-state index < -0.39 is 0 Å². The zero-order valence-corrected chi connectivity index (χ0v) is 7.98. The lowest BCUT2D eigenvalue weighted by Gasteiger charge is -2.24. The second-order valence-corrected chi connectivity index (χ2v) is 3.50. The van der Waals surface area contributed by atoms with Crippen LogP contribution in [0.15, 0.2) is 23.1 Å². The summed E-state index contributed by atoms with van der Waals surface area (Å²) < 4.78 is 7.09. The van der Waals surface area contributed by atoms with Crippen LogP contribution in [0.3, 0.4) is 0 Å². The second kappa shape index (κ2) is 3.84. The molecule has 0 aliphatic carbocycles. The standard InChI is InChI=1S/C10H14N2O2/c11-8-4-3-6-12(10(8)13)9-5-1-2-7-14-9/h3-4,6,9H,1-2,5,7,11H2/t9-/m1/s1. The molecule has 2 heterocycles. The Balaban J connectivity index is 2.31. The number of nitrogens with two attached hydrogens (primary N) is 1. The average molecular weight is 194 g/mol. The molecule has 1 aromatic rings. The lowest BCUT2D eigenvalue weighted by molar-refractivity contribution is -0.0339. The molecule has 4 heteroatoms. The van der Waals surface area contributed by atoms with E-state index in [2.05, 4.69) is 0 Å². The Morgan fingerprint density at radius 3 is 3.07 bits per heavy atom. The van der Waals surface area contributed by atoms with Gasteiger partial charge < -0.3 is 10.5 Å². The maximum atomic E-state index is 11.6. The third-order valence-corrected chi connectivity index (χ3v) is 2.47. The van der Waals surface area contributed by atoms with Crippen molar-refractivity contribution in [2.45, 2.75) is 25.5 Å². The number of nitrogens with zero attached hydrogens (tertiary/aromatic N) is 1. The molecule has 1 atom stereocenters. The summed E-state index contributed by atoms with van der Waals surface area (Å²) in [5.74, 6) is 0. The van der Waals surface area contributed by atoms with Gasteiger partial charge in [0.15, 0.2) is 0 Å². The predicted octanol–water partition coefficient (Wildman–Crippen LogP) is 1.13. The Kier molecular flexibility index (Phi) is 2.54. The summed E-state index contributed by atoms with van der Waals surface area (Å²) in [5, 5.41) is 0. The van der Waals surface area contributed by atoms with Gasteiger partial charge in [0.05, 0.1) is 5.69 Å². The number of rotatable bonds is 1. The number of ether oxygens (including phenoxy) is 1. The summed E-state index contributed by atoms with van der Waals surface area (Å²) in [5.41, 5.74) is 5.66. The third kappa shape index (κ3) is 1.65. The number of hydrogen-bond acceptors (Lipinski definition) is 3. The topological polar surface area (TPSA) is 57.2 Å². The summed E-state index contributed by atoms with van der Waals surface area (Å²) in [6.07, 6.45) is 4.68. The molecule has 0 spiro atoms. The Morgan fingerprint density at radius 1 is 1.50 bits per heavy atom. The van der Waals surface area contributed by atoms with E-state index in [0.29, 0.717) is 0 Å². The highest BCUT2D eigenvalue weighted by molar-refractivity contribution is 5.33. The van der Waals surface area contributed by atoms with E-state index in [-0.39, 0.29) is 17.5 Å². The van der Waals surface area contributed by atoms with E-state index in [0.717, 1.165) is 25.9 Å². The van der Waals surface area contributed by atoms with Crippen molar-refractivity contribution in [1.29, 1.82) is 0 Å². The van der Waals surface area contributed by atoms with Crippen LogP contribution in [-0.4, -0.2) is 11.2 Å². The minimum absolute atomic E-state index is 0.125. The van der Waals surface area contributed by atoms with Crippen molar-refractivity contribution >= 4 is 5.69 Å². The van der Waals surface area contributed by atoms with Crippen LogP contribution < -0.4 is 11.3 Å². The molecule has 2 N–H and O–H groups in total. The van der Waals surface area contributed by atoms with Gasteiger partial charge in [-0.3, -0.25) is 9.36 Å². The van der Waals surface area contributed by atoms with Crippen LogP contribution in [0.4, 0.5) is 5.69 Å². The first-order valence-corrected chi connectivity index (χ1v) is 4.87. The highest BCUT2D eigenvalue weighted by atomic mass is 16.5. The first kappa shape index (κ1) is 9.27. The molecule has 0 radical (unpaired) electrons.